The maximum Gasteiger partial charge on any atom is 0.0981 e. The molecule has 2 aliphatic heterocycles. The van der Waals surface area contributed by atoms with Crippen LogP contribution in [0.15, 0.2) is 24.3 Å². The van der Waals surface area contributed by atoms with E-state index in [4.69, 9.17) is 4.74 Å². The third-order valence-corrected chi connectivity index (χ3v) is 3.26. The summed E-state index contributed by atoms with van der Waals surface area (Å²) in [6.45, 7) is 2.02. The summed E-state index contributed by atoms with van der Waals surface area (Å²) in [5.74, 6) is 0. The SMILES string of the molecule is c1ccc2c(c1)CCO[C@@H]2[C@H]1CCN1. The second-order valence-electron chi connectivity index (χ2n) is 4.09. The third-order valence-electron chi connectivity index (χ3n) is 3.26. The Morgan fingerprint density at radius 2 is 2.14 bits per heavy atom. The molecule has 2 heterocycles. The molecule has 2 heteroatoms. The molecular formula is C12H15NO. The van der Waals surface area contributed by atoms with Gasteiger partial charge in [0.25, 0.3) is 0 Å². The predicted octanol–water partition coefficient (Wildman–Crippen LogP) is 1.66. The van der Waals surface area contributed by atoms with Crippen molar-refractivity contribution in [2.75, 3.05) is 13.2 Å². The van der Waals surface area contributed by atoms with Crippen LogP contribution in [0.3, 0.4) is 0 Å². The van der Waals surface area contributed by atoms with Crippen molar-refractivity contribution in [2.45, 2.75) is 25.0 Å². The Kier molecular flexibility index (Phi) is 2.03. The molecule has 3 rings (SSSR count). The molecule has 1 aromatic rings. The minimum atomic E-state index is 0.300. The fourth-order valence-electron chi connectivity index (χ4n) is 2.33. The van der Waals surface area contributed by atoms with Crippen LogP contribution in [0.4, 0.5) is 0 Å². The second kappa shape index (κ2) is 3.37. The van der Waals surface area contributed by atoms with Gasteiger partial charge in [-0.2, -0.15) is 0 Å². The van der Waals surface area contributed by atoms with Gasteiger partial charge in [0.15, 0.2) is 0 Å². The van der Waals surface area contributed by atoms with Crippen LogP contribution >= 0.6 is 0 Å². The Bertz CT molecular complexity index is 333. The number of benzene rings is 1. The molecule has 1 saturated heterocycles. The Morgan fingerprint density at radius 1 is 1.29 bits per heavy atom. The summed E-state index contributed by atoms with van der Waals surface area (Å²) in [7, 11) is 0. The van der Waals surface area contributed by atoms with E-state index >= 15 is 0 Å². The summed E-state index contributed by atoms with van der Waals surface area (Å²) in [4.78, 5) is 0. The molecule has 0 aromatic heterocycles. The molecule has 1 N–H and O–H groups in total. The van der Waals surface area contributed by atoms with E-state index in [1.165, 1.54) is 17.5 Å². The molecule has 0 radical (unpaired) electrons. The zero-order chi connectivity index (χ0) is 9.38. The third kappa shape index (κ3) is 1.26. The molecule has 0 bridgehead atoms. The highest BCUT2D eigenvalue weighted by Gasteiger charge is 2.31. The second-order valence-corrected chi connectivity index (χ2v) is 4.09. The van der Waals surface area contributed by atoms with Crippen molar-refractivity contribution in [1.82, 2.24) is 5.32 Å². The zero-order valence-corrected chi connectivity index (χ0v) is 8.20. The highest BCUT2D eigenvalue weighted by molar-refractivity contribution is 5.32. The number of fused-ring (bicyclic) bond motifs is 1. The Hall–Kier alpha value is -0.860. The molecule has 1 fully saturated rings. The van der Waals surface area contributed by atoms with Crippen LogP contribution in [0.2, 0.25) is 0 Å². The first kappa shape index (κ1) is 8.45. The first-order valence-electron chi connectivity index (χ1n) is 5.38. The average Bonchev–Trinajstić information content (AvgIpc) is 2.16. The molecule has 0 spiro atoms. The van der Waals surface area contributed by atoms with Crippen LogP contribution in [-0.2, 0) is 11.2 Å². The van der Waals surface area contributed by atoms with Crippen molar-refractivity contribution < 1.29 is 4.74 Å². The lowest BCUT2D eigenvalue weighted by molar-refractivity contribution is -0.00149. The Morgan fingerprint density at radius 3 is 2.93 bits per heavy atom. The molecule has 2 aliphatic rings. The normalized spacial score (nSPS) is 30.6. The van der Waals surface area contributed by atoms with Gasteiger partial charge in [0.1, 0.15) is 0 Å². The quantitative estimate of drug-likeness (QED) is 0.725. The van der Waals surface area contributed by atoms with Gasteiger partial charge in [-0.15, -0.1) is 0 Å². The predicted molar refractivity (Wildman–Crippen MR) is 55.2 cm³/mol. The van der Waals surface area contributed by atoms with Gasteiger partial charge in [-0.3, -0.25) is 0 Å². The molecular weight excluding hydrogens is 174 g/mol. The summed E-state index contributed by atoms with van der Waals surface area (Å²) in [6.07, 6.45) is 2.62. The topological polar surface area (TPSA) is 21.3 Å². The van der Waals surface area contributed by atoms with Gasteiger partial charge in [-0.05, 0) is 30.5 Å². The standard InChI is InChI=1S/C12H15NO/c1-2-4-10-9(3-1)6-8-14-12(10)11-5-7-13-11/h1-4,11-13H,5-8H2/t11-,12+/m1/s1. The minimum absolute atomic E-state index is 0.300. The van der Waals surface area contributed by atoms with Gasteiger partial charge >= 0.3 is 0 Å². The summed E-state index contributed by atoms with van der Waals surface area (Å²) >= 11 is 0. The zero-order valence-electron chi connectivity index (χ0n) is 8.20. The summed E-state index contributed by atoms with van der Waals surface area (Å²) < 4.78 is 5.85. The molecule has 0 unspecified atom stereocenters. The molecule has 14 heavy (non-hydrogen) atoms. The van der Waals surface area contributed by atoms with Crippen LogP contribution < -0.4 is 5.32 Å². The summed E-state index contributed by atoms with van der Waals surface area (Å²) in [5, 5.41) is 3.43. The number of hydrogen-bond donors (Lipinski definition) is 1. The molecule has 1 aromatic carbocycles. The maximum absolute atomic E-state index is 5.85. The molecule has 2 atom stereocenters. The van der Waals surface area contributed by atoms with E-state index in [-0.39, 0.29) is 0 Å². The Balaban J connectivity index is 1.93. The summed E-state index contributed by atoms with van der Waals surface area (Å²) in [5.41, 5.74) is 2.87. The monoisotopic (exact) mass is 189 g/mol. The van der Waals surface area contributed by atoms with Gasteiger partial charge in [-0.1, -0.05) is 24.3 Å². The lowest BCUT2D eigenvalue weighted by atomic mass is 9.89. The minimum Gasteiger partial charge on any atom is -0.372 e. The van der Waals surface area contributed by atoms with Crippen molar-refractivity contribution in [3.8, 4) is 0 Å². The number of rotatable bonds is 1. The van der Waals surface area contributed by atoms with Gasteiger partial charge in [-0.25, -0.2) is 0 Å². The number of hydrogen-bond acceptors (Lipinski definition) is 2. The van der Waals surface area contributed by atoms with E-state index in [1.54, 1.807) is 0 Å². The highest BCUT2D eigenvalue weighted by atomic mass is 16.5. The van der Waals surface area contributed by atoms with Crippen LogP contribution in [0.5, 0.6) is 0 Å². The van der Waals surface area contributed by atoms with E-state index < -0.39 is 0 Å². The van der Waals surface area contributed by atoms with E-state index in [1.807, 2.05) is 0 Å². The van der Waals surface area contributed by atoms with Crippen molar-refractivity contribution in [3.05, 3.63) is 35.4 Å². The van der Waals surface area contributed by atoms with Crippen molar-refractivity contribution in [1.29, 1.82) is 0 Å². The molecule has 0 aliphatic carbocycles. The number of ether oxygens (including phenoxy) is 1. The molecule has 0 amide bonds. The molecule has 0 saturated carbocycles. The van der Waals surface area contributed by atoms with E-state index in [9.17, 15) is 0 Å². The average molecular weight is 189 g/mol. The smallest absolute Gasteiger partial charge is 0.0981 e. The lowest BCUT2D eigenvalue weighted by Gasteiger charge is -2.38. The van der Waals surface area contributed by atoms with Crippen LogP contribution in [0.1, 0.15) is 23.7 Å². The Labute approximate surface area is 84.3 Å². The fourth-order valence-corrected chi connectivity index (χ4v) is 2.33. The van der Waals surface area contributed by atoms with Gasteiger partial charge < -0.3 is 10.1 Å². The first-order chi connectivity index (χ1) is 6.95. The largest absolute Gasteiger partial charge is 0.372 e. The first-order valence-corrected chi connectivity index (χ1v) is 5.38. The maximum atomic E-state index is 5.85. The van der Waals surface area contributed by atoms with Crippen molar-refractivity contribution in [3.63, 3.8) is 0 Å². The molecule has 2 nitrogen and oxygen atoms in total. The summed E-state index contributed by atoms with van der Waals surface area (Å²) in [6, 6.07) is 9.22. The number of nitrogens with one attached hydrogen (secondary N) is 1. The van der Waals surface area contributed by atoms with Gasteiger partial charge in [0, 0.05) is 6.04 Å². The van der Waals surface area contributed by atoms with Crippen molar-refractivity contribution in [2.24, 2.45) is 0 Å². The van der Waals surface area contributed by atoms with Crippen molar-refractivity contribution >= 4 is 0 Å². The lowest BCUT2D eigenvalue weighted by Crippen LogP contribution is -2.48. The van der Waals surface area contributed by atoms with Gasteiger partial charge in [0.05, 0.1) is 12.7 Å². The van der Waals surface area contributed by atoms with Crippen LogP contribution in [-0.4, -0.2) is 19.2 Å². The van der Waals surface area contributed by atoms with Gasteiger partial charge in [0.2, 0.25) is 0 Å². The van der Waals surface area contributed by atoms with E-state index in [2.05, 4.69) is 29.6 Å². The molecule has 74 valence electrons. The van der Waals surface area contributed by atoms with Crippen LogP contribution in [0.25, 0.3) is 0 Å². The van der Waals surface area contributed by atoms with E-state index in [0.717, 1.165) is 19.6 Å². The van der Waals surface area contributed by atoms with E-state index in [0.29, 0.717) is 12.1 Å². The highest BCUT2D eigenvalue weighted by Crippen LogP contribution is 2.32. The van der Waals surface area contributed by atoms with Crippen LogP contribution in [0, 0.1) is 0 Å². The fraction of sp³-hybridized carbons (Fsp3) is 0.500.